The highest BCUT2D eigenvalue weighted by atomic mass is 16.2. The Bertz CT molecular complexity index is 929. The van der Waals surface area contributed by atoms with E-state index in [-0.39, 0.29) is 29.2 Å². The monoisotopic (exact) mass is 400 g/mol. The molecule has 2 aromatic rings. The van der Waals surface area contributed by atoms with E-state index in [9.17, 15) is 14.4 Å². The molecule has 29 heavy (non-hydrogen) atoms. The first kappa shape index (κ1) is 22.5. The van der Waals surface area contributed by atoms with Crippen molar-refractivity contribution in [3.8, 4) is 0 Å². The SMILES string of the molecule is CC(C)CN(C(=O)CCCc1ccccc1)c1c(N)n(CC(C)C)c(=O)[nH]c1=O. The smallest absolute Gasteiger partial charge is 0.330 e. The topological polar surface area (TPSA) is 101 Å². The average molecular weight is 401 g/mol. The number of hydrogen-bond acceptors (Lipinski definition) is 4. The maximum absolute atomic E-state index is 13.0. The van der Waals surface area contributed by atoms with Crippen LogP contribution in [0.3, 0.4) is 0 Å². The third kappa shape index (κ3) is 6.07. The lowest BCUT2D eigenvalue weighted by atomic mass is 10.1. The van der Waals surface area contributed by atoms with Gasteiger partial charge in [-0.25, -0.2) is 4.79 Å². The summed E-state index contributed by atoms with van der Waals surface area (Å²) in [5, 5.41) is 0. The zero-order chi connectivity index (χ0) is 21.6. The van der Waals surface area contributed by atoms with Crippen LogP contribution in [0.4, 0.5) is 11.5 Å². The molecule has 0 aliphatic heterocycles. The van der Waals surface area contributed by atoms with Gasteiger partial charge < -0.3 is 10.6 Å². The van der Waals surface area contributed by atoms with Gasteiger partial charge in [-0.05, 0) is 30.2 Å². The number of nitrogens with zero attached hydrogens (tertiary/aromatic N) is 2. The Hall–Kier alpha value is -2.83. The fraction of sp³-hybridized carbons (Fsp3) is 0.500. The van der Waals surface area contributed by atoms with E-state index < -0.39 is 11.2 Å². The van der Waals surface area contributed by atoms with Gasteiger partial charge in [-0.3, -0.25) is 19.1 Å². The van der Waals surface area contributed by atoms with E-state index in [1.54, 1.807) is 0 Å². The van der Waals surface area contributed by atoms with Crippen LogP contribution in [0.2, 0.25) is 0 Å². The number of hydrogen-bond donors (Lipinski definition) is 2. The molecule has 0 atom stereocenters. The zero-order valence-corrected chi connectivity index (χ0v) is 17.8. The first-order chi connectivity index (χ1) is 13.7. The Morgan fingerprint density at radius 3 is 2.34 bits per heavy atom. The number of carbonyl (C=O) groups is 1. The number of H-pyrrole nitrogens is 1. The number of aryl methyl sites for hydroxylation is 1. The van der Waals surface area contributed by atoms with Crippen molar-refractivity contribution in [2.24, 2.45) is 11.8 Å². The van der Waals surface area contributed by atoms with Gasteiger partial charge in [0, 0.05) is 19.5 Å². The number of amides is 1. The molecule has 158 valence electrons. The number of aromatic amines is 1. The largest absolute Gasteiger partial charge is 0.383 e. The molecule has 1 aromatic carbocycles. The molecule has 0 aliphatic carbocycles. The van der Waals surface area contributed by atoms with Crippen molar-refractivity contribution < 1.29 is 4.79 Å². The van der Waals surface area contributed by atoms with Gasteiger partial charge >= 0.3 is 5.69 Å². The minimum atomic E-state index is -0.621. The zero-order valence-electron chi connectivity index (χ0n) is 17.8. The molecule has 1 amide bonds. The van der Waals surface area contributed by atoms with E-state index in [0.717, 1.165) is 6.42 Å². The molecular formula is C22H32N4O3. The number of rotatable bonds is 9. The van der Waals surface area contributed by atoms with Crippen molar-refractivity contribution >= 4 is 17.4 Å². The van der Waals surface area contributed by atoms with E-state index in [0.29, 0.717) is 25.9 Å². The van der Waals surface area contributed by atoms with Crippen LogP contribution in [0.1, 0.15) is 46.1 Å². The Kier molecular flexibility index (Phi) is 7.82. The lowest BCUT2D eigenvalue weighted by molar-refractivity contribution is -0.118. The highest BCUT2D eigenvalue weighted by Crippen LogP contribution is 2.20. The van der Waals surface area contributed by atoms with E-state index in [4.69, 9.17) is 5.73 Å². The predicted molar refractivity (Wildman–Crippen MR) is 117 cm³/mol. The fourth-order valence-electron chi connectivity index (χ4n) is 3.29. The third-order valence-corrected chi connectivity index (χ3v) is 4.58. The summed E-state index contributed by atoms with van der Waals surface area (Å²) in [4.78, 5) is 41.6. The second-order valence-corrected chi connectivity index (χ2v) is 8.23. The van der Waals surface area contributed by atoms with Crippen molar-refractivity contribution in [2.75, 3.05) is 17.2 Å². The summed E-state index contributed by atoms with van der Waals surface area (Å²) in [7, 11) is 0. The lowest BCUT2D eigenvalue weighted by Crippen LogP contribution is -2.43. The van der Waals surface area contributed by atoms with Crippen LogP contribution in [0.25, 0.3) is 0 Å². The summed E-state index contributed by atoms with van der Waals surface area (Å²) in [6.45, 7) is 8.58. The van der Waals surface area contributed by atoms with Crippen LogP contribution in [0.15, 0.2) is 39.9 Å². The standard InChI is InChI=1S/C22H32N4O3/c1-15(2)13-25(18(27)12-8-11-17-9-6-5-7-10-17)19-20(23)26(14-16(3)4)22(29)24-21(19)28/h5-7,9-10,15-16H,8,11-14,23H2,1-4H3,(H,24,28,29). The van der Waals surface area contributed by atoms with Crippen LogP contribution in [0.5, 0.6) is 0 Å². The Balaban J connectivity index is 2.30. The van der Waals surface area contributed by atoms with E-state index in [1.165, 1.54) is 15.0 Å². The molecule has 7 nitrogen and oxygen atoms in total. The minimum Gasteiger partial charge on any atom is -0.383 e. The predicted octanol–water partition coefficient (Wildman–Crippen LogP) is 2.79. The summed E-state index contributed by atoms with van der Waals surface area (Å²) in [5.41, 5.74) is 6.28. The van der Waals surface area contributed by atoms with E-state index >= 15 is 0 Å². The van der Waals surface area contributed by atoms with E-state index in [1.807, 2.05) is 58.0 Å². The Morgan fingerprint density at radius 1 is 1.10 bits per heavy atom. The number of aromatic nitrogens is 2. The average Bonchev–Trinajstić information content (AvgIpc) is 2.64. The van der Waals surface area contributed by atoms with Crippen molar-refractivity contribution in [2.45, 2.75) is 53.5 Å². The van der Waals surface area contributed by atoms with Crippen molar-refractivity contribution in [1.29, 1.82) is 0 Å². The van der Waals surface area contributed by atoms with Crippen LogP contribution < -0.4 is 21.9 Å². The fourth-order valence-corrected chi connectivity index (χ4v) is 3.29. The Labute approximate surface area is 171 Å². The molecule has 1 aromatic heterocycles. The summed E-state index contributed by atoms with van der Waals surface area (Å²) >= 11 is 0. The molecule has 0 radical (unpaired) electrons. The Morgan fingerprint density at radius 2 is 1.76 bits per heavy atom. The van der Waals surface area contributed by atoms with Gasteiger partial charge in [0.15, 0.2) is 5.69 Å². The molecule has 0 fully saturated rings. The summed E-state index contributed by atoms with van der Waals surface area (Å²) in [6, 6.07) is 9.96. The maximum atomic E-state index is 13.0. The quantitative estimate of drug-likeness (QED) is 0.676. The second kappa shape index (κ2) is 10.1. The molecule has 2 rings (SSSR count). The van der Waals surface area contributed by atoms with Crippen LogP contribution >= 0.6 is 0 Å². The van der Waals surface area contributed by atoms with Crippen molar-refractivity contribution in [1.82, 2.24) is 9.55 Å². The highest BCUT2D eigenvalue weighted by molar-refractivity contribution is 5.95. The van der Waals surface area contributed by atoms with Gasteiger partial charge in [-0.2, -0.15) is 0 Å². The summed E-state index contributed by atoms with van der Waals surface area (Å²) in [6.07, 6.45) is 1.74. The normalized spacial score (nSPS) is 11.2. The first-order valence-corrected chi connectivity index (χ1v) is 10.2. The third-order valence-electron chi connectivity index (χ3n) is 4.58. The highest BCUT2D eigenvalue weighted by Gasteiger charge is 2.24. The number of nitrogen functional groups attached to an aromatic ring is 1. The van der Waals surface area contributed by atoms with Crippen LogP contribution in [-0.4, -0.2) is 22.0 Å². The summed E-state index contributed by atoms with van der Waals surface area (Å²) < 4.78 is 1.34. The maximum Gasteiger partial charge on any atom is 0.330 e. The molecule has 3 N–H and O–H groups in total. The van der Waals surface area contributed by atoms with Crippen molar-refractivity contribution in [3.05, 3.63) is 56.7 Å². The van der Waals surface area contributed by atoms with Gasteiger partial charge in [-0.1, -0.05) is 58.0 Å². The number of anilines is 2. The molecule has 0 saturated heterocycles. The van der Waals surface area contributed by atoms with Crippen molar-refractivity contribution in [3.63, 3.8) is 0 Å². The molecular weight excluding hydrogens is 368 g/mol. The van der Waals surface area contributed by atoms with Gasteiger partial charge in [-0.15, -0.1) is 0 Å². The minimum absolute atomic E-state index is 0.0458. The number of nitrogens with one attached hydrogen (secondary N) is 1. The summed E-state index contributed by atoms with van der Waals surface area (Å²) in [5.74, 6) is 0.178. The van der Waals surface area contributed by atoms with Gasteiger partial charge in [0.05, 0.1) is 0 Å². The second-order valence-electron chi connectivity index (χ2n) is 8.23. The molecule has 1 heterocycles. The van der Waals surface area contributed by atoms with Crippen LogP contribution in [0, 0.1) is 11.8 Å². The van der Waals surface area contributed by atoms with Crippen LogP contribution in [-0.2, 0) is 17.8 Å². The number of benzene rings is 1. The van der Waals surface area contributed by atoms with Gasteiger partial charge in [0.1, 0.15) is 5.82 Å². The molecule has 0 spiro atoms. The van der Waals surface area contributed by atoms with Gasteiger partial charge in [0.25, 0.3) is 5.56 Å². The molecule has 0 aliphatic rings. The first-order valence-electron chi connectivity index (χ1n) is 10.2. The van der Waals surface area contributed by atoms with Gasteiger partial charge in [0.2, 0.25) is 5.91 Å². The molecule has 0 unspecified atom stereocenters. The molecule has 0 saturated carbocycles. The van der Waals surface area contributed by atoms with E-state index in [2.05, 4.69) is 4.98 Å². The molecule has 0 bridgehead atoms. The number of carbonyl (C=O) groups excluding carboxylic acids is 1. The molecule has 7 heteroatoms. The number of nitrogens with two attached hydrogens (primary N) is 1. The lowest BCUT2D eigenvalue weighted by Gasteiger charge is -2.26.